The van der Waals surface area contributed by atoms with E-state index in [0.29, 0.717) is 27.9 Å². The van der Waals surface area contributed by atoms with Crippen molar-refractivity contribution in [3.8, 4) is 22.9 Å². The van der Waals surface area contributed by atoms with Crippen molar-refractivity contribution in [1.82, 2.24) is 15.3 Å². The molecule has 26 heavy (non-hydrogen) atoms. The molecule has 1 saturated heterocycles. The maximum Gasteiger partial charge on any atom is 0.140 e. The molecule has 2 N–H and O–H groups in total. The van der Waals surface area contributed by atoms with Crippen LogP contribution in [0.4, 0.5) is 10.2 Å². The molecular weight excluding hydrogens is 333 g/mol. The van der Waals surface area contributed by atoms with E-state index >= 15 is 0 Å². The molecule has 7 heteroatoms. The lowest BCUT2D eigenvalue weighted by molar-refractivity contribution is 0.415. The molecule has 4 rings (SSSR count). The van der Waals surface area contributed by atoms with E-state index in [4.69, 9.17) is 4.74 Å². The first-order valence-corrected chi connectivity index (χ1v) is 8.43. The van der Waals surface area contributed by atoms with Crippen molar-refractivity contribution in [2.24, 2.45) is 0 Å². The summed E-state index contributed by atoms with van der Waals surface area (Å²) in [7, 11) is 1.55. The van der Waals surface area contributed by atoms with E-state index in [9.17, 15) is 9.65 Å². The van der Waals surface area contributed by atoms with E-state index in [2.05, 4.69) is 26.3 Å². The van der Waals surface area contributed by atoms with Gasteiger partial charge in [0.2, 0.25) is 0 Å². The Morgan fingerprint density at radius 2 is 2.04 bits per heavy atom. The molecule has 0 spiro atoms. The predicted octanol–water partition coefficient (Wildman–Crippen LogP) is 2.66. The van der Waals surface area contributed by atoms with Crippen LogP contribution in [-0.4, -0.2) is 43.3 Å². The van der Waals surface area contributed by atoms with Crippen LogP contribution in [0.1, 0.15) is 5.56 Å². The van der Waals surface area contributed by atoms with E-state index < -0.39 is 0 Å². The average molecular weight is 351 g/mol. The van der Waals surface area contributed by atoms with Gasteiger partial charge in [0.05, 0.1) is 7.11 Å². The highest BCUT2D eigenvalue weighted by molar-refractivity contribution is 6.02. The Kier molecular flexibility index (Phi) is 4.19. The lowest BCUT2D eigenvalue weighted by Crippen LogP contribution is -2.44. The van der Waals surface area contributed by atoms with Crippen molar-refractivity contribution in [3.63, 3.8) is 0 Å². The van der Waals surface area contributed by atoms with Crippen molar-refractivity contribution in [3.05, 3.63) is 41.8 Å². The first kappa shape index (κ1) is 16.4. The summed E-state index contributed by atoms with van der Waals surface area (Å²) >= 11 is 0. The van der Waals surface area contributed by atoms with Crippen LogP contribution in [0.15, 0.2) is 30.5 Å². The number of H-pyrrole nitrogens is 1. The molecule has 3 heterocycles. The number of pyridine rings is 1. The second-order valence-corrected chi connectivity index (χ2v) is 6.12. The second kappa shape index (κ2) is 6.65. The zero-order chi connectivity index (χ0) is 18.1. The molecule has 1 aliphatic heterocycles. The molecule has 0 bridgehead atoms. The van der Waals surface area contributed by atoms with Crippen LogP contribution in [-0.2, 0) is 0 Å². The number of halogens is 1. The summed E-state index contributed by atoms with van der Waals surface area (Å²) in [5.74, 6) is 0.953. The SMILES string of the molecule is COc1ccc(F)cc1-c1ccnc2[nH]c(N3CCNCC3)c(C#N)c12. The molecule has 0 atom stereocenters. The molecule has 132 valence electrons. The van der Waals surface area contributed by atoms with Crippen LogP contribution >= 0.6 is 0 Å². The minimum absolute atomic E-state index is 0.359. The molecule has 0 unspecified atom stereocenters. The van der Waals surface area contributed by atoms with Crippen LogP contribution in [0.5, 0.6) is 5.75 Å². The Labute approximate surface area is 150 Å². The first-order chi connectivity index (χ1) is 12.7. The lowest BCUT2D eigenvalue weighted by Gasteiger charge is -2.28. The number of hydrogen-bond acceptors (Lipinski definition) is 5. The van der Waals surface area contributed by atoms with E-state index in [-0.39, 0.29) is 5.82 Å². The smallest absolute Gasteiger partial charge is 0.140 e. The number of piperazine rings is 1. The molecule has 1 aliphatic rings. The van der Waals surface area contributed by atoms with E-state index in [1.165, 1.54) is 12.1 Å². The van der Waals surface area contributed by atoms with Crippen molar-refractivity contribution in [2.45, 2.75) is 0 Å². The minimum Gasteiger partial charge on any atom is -0.496 e. The van der Waals surface area contributed by atoms with Crippen LogP contribution in [0, 0.1) is 17.1 Å². The predicted molar refractivity (Wildman–Crippen MR) is 97.8 cm³/mol. The van der Waals surface area contributed by atoms with Gasteiger partial charge in [-0.3, -0.25) is 0 Å². The molecular formula is C19H18FN5O. The summed E-state index contributed by atoms with van der Waals surface area (Å²) in [6.45, 7) is 3.33. The van der Waals surface area contributed by atoms with Gasteiger partial charge < -0.3 is 19.9 Å². The van der Waals surface area contributed by atoms with Crippen molar-refractivity contribution < 1.29 is 9.13 Å². The largest absolute Gasteiger partial charge is 0.496 e. The summed E-state index contributed by atoms with van der Waals surface area (Å²) in [4.78, 5) is 9.81. The fourth-order valence-corrected chi connectivity index (χ4v) is 3.45. The number of rotatable bonds is 3. The summed E-state index contributed by atoms with van der Waals surface area (Å²) in [5.41, 5.74) is 2.46. The van der Waals surface area contributed by atoms with Gasteiger partial charge in [-0.1, -0.05) is 0 Å². The summed E-state index contributed by atoms with van der Waals surface area (Å²) in [5, 5.41) is 13.8. The van der Waals surface area contributed by atoms with Gasteiger partial charge in [0.15, 0.2) is 0 Å². The van der Waals surface area contributed by atoms with Crippen LogP contribution < -0.4 is 15.0 Å². The highest BCUT2D eigenvalue weighted by Crippen LogP contribution is 2.39. The van der Waals surface area contributed by atoms with E-state index in [1.807, 2.05) is 0 Å². The highest BCUT2D eigenvalue weighted by Gasteiger charge is 2.23. The molecule has 2 aromatic heterocycles. The number of ether oxygens (including phenoxy) is 1. The van der Waals surface area contributed by atoms with Gasteiger partial charge in [0, 0.05) is 43.3 Å². The molecule has 3 aromatic rings. The number of anilines is 1. The number of benzene rings is 1. The van der Waals surface area contributed by atoms with Crippen molar-refractivity contribution in [2.75, 3.05) is 38.2 Å². The average Bonchev–Trinajstić information content (AvgIpc) is 3.07. The van der Waals surface area contributed by atoms with Gasteiger partial charge in [-0.15, -0.1) is 0 Å². The Balaban J connectivity index is 1.96. The molecule has 1 fully saturated rings. The quantitative estimate of drug-likeness (QED) is 0.759. The van der Waals surface area contributed by atoms with Crippen molar-refractivity contribution in [1.29, 1.82) is 5.26 Å². The minimum atomic E-state index is -0.359. The lowest BCUT2D eigenvalue weighted by atomic mass is 10.00. The Bertz CT molecular complexity index is 1000. The van der Waals surface area contributed by atoms with Gasteiger partial charge >= 0.3 is 0 Å². The normalized spacial score (nSPS) is 14.4. The highest BCUT2D eigenvalue weighted by atomic mass is 19.1. The first-order valence-electron chi connectivity index (χ1n) is 8.43. The maximum absolute atomic E-state index is 13.9. The Hall–Kier alpha value is -3.11. The molecule has 0 saturated carbocycles. The Morgan fingerprint density at radius 1 is 1.23 bits per heavy atom. The molecule has 1 aromatic carbocycles. The number of hydrogen-bond donors (Lipinski definition) is 2. The number of aromatic nitrogens is 2. The summed E-state index contributed by atoms with van der Waals surface area (Å²) < 4.78 is 19.3. The third-order valence-corrected chi connectivity index (χ3v) is 4.67. The van der Waals surface area contributed by atoms with Gasteiger partial charge in [-0.2, -0.15) is 5.26 Å². The standard InChI is InChI=1S/C19H18FN5O/c1-26-16-3-2-12(20)10-14(16)13-4-5-23-18-17(13)15(11-21)19(24-18)25-8-6-22-7-9-25/h2-5,10,22H,6-9H2,1H3,(H,23,24). The molecule has 6 nitrogen and oxygen atoms in total. The van der Waals surface area contributed by atoms with E-state index in [0.717, 1.165) is 37.6 Å². The maximum atomic E-state index is 13.9. The number of aromatic amines is 1. The third-order valence-electron chi connectivity index (χ3n) is 4.67. The molecule has 0 amide bonds. The molecule has 0 aliphatic carbocycles. The van der Waals surface area contributed by atoms with Crippen LogP contribution in [0.3, 0.4) is 0 Å². The Morgan fingerprint density at radius 3 is 2.77 bits per heavy atom. The number of nitriles is 1. The third kappa shape index (κ3) is 2.65. The fraction of sp³-hybridized carbons (Fsp3) is 0.263. The van der Waals surface area contributed by atoms with Crippen molar-refractivity contribution >= 4 is 16.9 Å². The number of nitrogens with zero attached hydrogens (tertiary/aromatic N) is 3. The van der Waals surface area contributed by atoms with Gasteiger partial charge in [-0.05, 0) is 29.8 Å². The monoisotopic (exact) mass is 351 g/mol. The van der Waals surface area contributed by atoms with Crippen LogP contribution in [0.2, 0.25) is 0 Å². The zero-order valence-corrected chi connectivity index (χ0v) is 14.3. The van der Waals surface area contributed by atoms with E-state index in [1.54, 1.807) is 25.4 Å². The topological polar surface area (TPSA) is 77.0 Å². The number of nitrogens with one attached hydrogen (secondary N) is 2. The molecule has 0 radical (unpaired) electrons. The summed E-state index contributed by atoms with van der Waals surface area (Å²) in [6.07, 6.45) is 1.65. The van der Waals surface area contributed by atoms with Gasteiger partial charge in [0.25, 0.3) is 0 Å². The summed E-state index contributed by atoms with van der Waals surface area (Å²) in [6, 6.07) is 8.47. The fourth-order valence-electron chi connectivity index (χ4n) is 3.45. The van der Waals surface area contributed by atoms with Gasteiger partial charge in [0.1, 0.15) is 34.7 Å². The zero-order valence-electron chi connectivity index (χ0n) is 14.3. The number of fused-ring (bicyclic) bond motifs is 1. The van der Waals surface area contributed by atoms with Gasteiger partial charge in [-0.25, -0.2) is 9.37 Å². The second-order valence-electron chi connectivity index (χ2n) is 6.12. The van der Waals surface area contributed by atoms with Crippen LogP contribution in [0.25, 0.3) is 22.2 Å². The number of methoxy groups -OCH3 is 1.